The van der Waals surface area contributed by atoms with Gasteiger partial charge in [0.25, 0.3) is 5.56 Å². The molecule has 4 heterocycles. The molecule has 0 aromatic carbocycles. The molecule has 0 fully saturated rings. The molecule has 0 spiro atoms. The minimum absolute atomic E-state index is 0.100. The van der Waals surface area contributed by atoms with Crippen LogP contribution in [0.1, 0.15) is 34.1 Å². The topological polar surface area (TPSA) is 50.5 Å². The minimum Gasteiger partial charge on any atom is -0.289 e. The van der Waals surface area contributed by atoms with Crippen molar-refractivity contribution in [1.29, 1.82) is 0 Å². The summed E-state index contributed by atoms with van der Waals surface area (Å²) in [4.78, 5) is 21.0. The number of hydrogen-bond donors (Lipinski definition) is 0. The molecule has 0 unspecified atom stereocenters. The van der Waals surface area contributed by atoms with Gasteiger partial charge in [0, 0.05) is 29.2 Å². The Kier molecular flexibility index (Phi) is 3.36. The zero-order chi connectivity index (χ0) is 15.3. The van der Waals surface area contributed by atoms with E-state index in [0.29, 0.717) is 11.0 Å². The molecule has 7 heteroatoms. The largest absolute Gasteiger partial charge is 0.289 e. The molecule has 22 heavy (non-hydrogen) atoms. The third-order valence-electron chi connectivity index (χ3n) is 4.16. The van der Waals surface area contributed by atoms with Crippen molar-refractivity contribution in [3.05, 3.63) is 49.0 Å². The number of nitrogens with zero attached hydrogens (tertiary/aromatic N) is 4. The molecular weight excluding hydrogens is 316 g/mol. The van der Waals surface area contributed by atoms with E-state index in [1.807, 2.05) is 18.3 Å². The fourth-order valence-electron chi connectivity index (χ4n) is 2.98. The predicted octanol–water partition coefficient (Wildman–Crippen LogP) is 2.64. The second-order valence-corrected chi connectivity index (χ2v) is 7.66. The Hall–Kier alpha value is -1.57. The maximum absolute atomic E-state index is 12.0. The van der Waals surface area contributed by atoms with Crippen LogP contribution in [0.2, 0.25) is 0 Å². The normalized spacial score (nSPS) is 18.7. The average Bonchev–Trinajstić information content (AvgIpc) is 3.08. The Morgan fingerprint density at radius 3 is 3.18 bits per heavy atom. The summed E-state index contributed by atoms with van der Waals surface area (Å²) < 4.78 is 1.41. The van der Waals surface area contributed by atoms with Crippen LogP contribution in [0.5, 0.6) is 0 Å². The van der Waals surface area contributed by atoms with Crippen LogP contribution in [0.25, 0.3) is 4.96 Å². The molecule has 1 aliphatic rings. The van der Waals surface area contributed by atoms with Gasteiger partial charge in [-0.15, -0.1) is 11.3 Å². The summed E-state index contributed by atoms with van der Waals surface area (Å²) in [5.74, 6) is 0. The highest BCUT2D eigenvalue weighted by atomic mass is 32.1. The van der Waals surface area contributed by atoms with Crippen LogP contribution in [0.4, 0.5) is 0 Å². The molecule has 1 atom stereocenters. The third-order valence-corrected chi connectivity index (χ3v) is 6.05. The zero-order valence-electron chi connectivity index (χ0n) is 12.4. The molecule has 0 radical (unpaired) electrons. The van der Waals surface area contributed by atoms with Crippen molar-refractivity contribution < 1.29 is 0 Å². The van der Waals surface area contributed by atoms with Crippen molar-refractivity contribution in [3.63, 3.8) is 0 Å². The molecule has 0 amide bonds. The van der Waals surface area contributed by atoms with Crippen molar-refractivity contribution >= 4 is 27.6 Å². The first-order chi connectivity index (χ1) is 10.6. The van der Waals surface area contributed by atoms with Gasteiger partial charge in [0.2, 0.25) is 4.96 Å². The molecular formula is C15H16N4OS2. The van der Waals surface area contributed by atoms with Crippen molar-refractivity contribution in [2.24, 2.45) is 0 Å². The maximum Gasteiger partial charge on any atom is 0.275 e. The van der Waals surface area contributed by atoms with Crippen molar-refractivity contribution in [2.45, 2.75) is 32.9 Å². The van der Waals surface area contributed by atoms with Crippen molar-refractivity contribution in [1.82, 2.24) is 19.5 Å². The SMILES string of the molecule is Cc1cc(=O)n2nc(CN3CCc4sccc4[C@H]3C)sc2n1. The first kappa shape index (κ1) is 14.0. The van der Waals surface area contributed by atoms with E-state index >= 15 is 0 Å². The van der Waals surface area contributed by atoms with E-state index in [0.717, 1.165) is 30.2 Å². The molecule has 0 saturated carbocycles. The van der Waals surface area contributed by atoms with Gasteiger partial charge in [-0.05, 0) is 37.3 Å². The number of rotatable bonds is 2. The Morgan fingerprint density at radius 2 is 2.32 bits per heavy atom. The number of aromatic nitrogens is 3. The van der Waals surface area contributed by atoms with E-state index in [-0.39, 0.29) is 5.56 Å². The summed E-state index contributed by atoms with van der Waals surface area (Å²) in [6.07, 6.45) is 1.10. The summed E-state index contributed by atoms with van der Waals surface area (Å²) in [6.45, 7) is 5.88. The number of fused-ring (bicyclic) bond motifs is 2. The van der Waals surface area contributed by atoms with E-state index in [2.05, 4.69) is 33.4 Å². The van der Waals surface area contributed by atoms with Crippen LogP contribution in [0, 0.1) is 6.92 Å². The Bertz CT molecular complexity index is 894. The van der Waals surface area contributed by atoms with Crippen LogP contribution in [-0.4, -0.2) is 26.0 Å². The smallest absolute Gasteiger partial charge is 0.275 e. The molecule has 3 aromatic heterocycles. The second kappa shape index (κ2) is 5.26. The van der Waals surface area contributed by atoms with E-state index in [1.54, 1.807) is 0 Å². The number of thiophene rings is 1. The van der Waals surface area contributed by atoms with E-state index < -0.39 is 0 Å². The number of aryl methyl sites for hydroxylation is 1. The lowest BCUT2D eigenvalue weighted by Crippen LogP contribution is -2.32. The fraction of sp³-hybridized carbons (Fsp3) is 0.400. The Labute approximate surface area is 135 Å². The molecule has 0 aliphatic carbocycles. The third kappa shape index (κ3) is 2.29. The van der Waals surface area contributed by atoms with Crippen LogP contribution in [-0.2, 0) is 13.0 Å². The molecule has 0 bridgehead atoms. The molecule has 3 aromatic rings. The molecule has 0 saturated heterocycles. The predicted molar refractivity (Wildman–Crippen MR) is 88.7 cm³/mol. The monoisotopic (exact) mass is 332 g/mol. The maximum atomic E-state index is 12.0. The molecule has 114 valence electrons. The minimum atomic E-state index is -0.100. The van der Waals surface area contributed by atoms with Crippen LogP contribution in [0.3, 0.4) is 0 Å². The van der Waals surface area contributed by atoms with E-state index in [9.17, 15) is 4.79 Å². The lowest BCUT2D eigenvalue weighted by Gasteiger charge is -2.32. The van der Waals surface area contributed by atoms with E-state index in [1.165, 1.54) is 32.4 Å². The zero-order valence-corrected chi connectivity index (χ0v) is 14.1. The highest BCUT2D eigenvalue weighted by Gasteiger charge is 2.25. The number of hydrogen-bond acceptors (Lipinski definition) is 6. The fourth-order valence-corrected chi connectivity index (χ4v) is 4.91. The van der Waals surface area contributed by atoms with Crippen molar-refractivity contribution in [2.75, 3.05) is 6.54 Å². The van der Waals surface area contributed by atoms with Gasteiger partial charge in [0.1, 0.15) is 5.01 Å². The highest BCUT2D eigenvalue weighted by Crippen LogP contribution is 2.33. The summed E-state index contributed by atoms with van der Waals surface area (Å²) >= 11 is 3.36. The summed E-state index contributed by atoms with van der Waals surface area (Å²) in [6, 6.07) is 4.15. The van der Waals surface area contributed by atoms with E-state index in [4.69, 9.17) is 0 Å². The first-order valence-electron chi connectivity index (χ1n) is 7.28. The molecule has 5 nitrogen and oxygen atoms in total. The van der Waals surface area contributed by atoms with Gasteiger partial charge >= 0.3 is 0 Å². The van der Waals surface area contributed by atoms with Gasteiger partial charge < -0.3 is 0 Å². The summed E-state index contributed by atoms with van der Waals surface area (Å²) in [7, 11) is 0. The van der Waals surface area contributed by atoms with Crippen molar-refractivity contribution in [3.8, 4) is 0 Å². The molecule has 4 rings (SSSR count). The quantitative estimate of drug-likeness (QED) is 0.724. The molecule has 0 N–H and O–H groups in total. The lowest BCUT2D eigenvalue weighted by molar-refractivity contribution is 0.190. The van der Waals surface area contributed by atoms with Crippen LogP contribution in [0.15, 0.2) is 22.3 Å². The summed E-state index contributed by atoms with van der Waals surface area (Å²) in [5.41, 5.74) is 2.08. The van der Waals surface area contributed by atoms with Gasteiger partial charge in [-0.1, -0.05) is 11.3 Å². The Morgan fingerprint density at radius 1 is 1.45 bits per heavy atom. The molecule has 1 aliphatic heterocycles. The summed E-state index contributed by atoms with van der Waals surface area (Å²) in [5, 5.41) is 7.57. The van der Waals surface area contributed by atoms with Crippen LogP contribution < -0.4 is 5.56 Å². The lowest BCUT2D eigenvalue weighted by atomic mass is 10.0. The van der Waals surface area contributed by atoms with Gasteiger partial charge in [0.15, 0.2) is 0 Å². The highest BCUT2D eigenvalue weighted by molar-refractivity contribution is 7.16. The standard InChI is InChI=1S/C15H16N4OS2/c1-9-7-14(20)19-15(16-9)22-13(17-19)8-18-5-3-12-11(10(18)2)4-6-21-12/h4,6-7,10H,3,5,8H2,1-2H3/t10-/m1/s1. The Balaban J connectivity index is 1.64. The van der Waals surface area contributed by atoms with Gasteiger partial charge in [0.05, 0.1) is 6.54 Å². The van der Waals surface area contributed by atoms with Gasteiger partial charge in [-0.25, -0.2) is 4.98 Å². The second-order valence-electron chi connectivity index (χ2n) is 5.62. The van der Waals surface area contributed by atoms with Gasteiger partial charge in [-0.2, -0.15) is 9.61 Å². The van der Waals surface area contributed by atoms with Crippen LogP contribution >= 0.6 is 22.7 Å². The first-order valence-corrected chi connectivity index (χ1v) is 8.98. The van der Waals surface area contributed by atoms with Gasteiger partial charge in [-0.3, -0.25) is 9.69 Å². The average molecular weight is 332 g/mol.